The quantitative estimate of drug-likeness (QED) is 0.869. The first kappa shape index (κ1) is 16.6. The Morgan fingerprint density at radius 1 is 1.23 bits per heavy atom. The van der Waals surface area contributed by atoms with Gasteiger partial charge >= 0.3 is 6.03 Å². The summed E-state index contributed by atoms with van der Waals surface area (Å²) >= 11 is 0. The number of carbonyl (C=O) groups is 1. The van der Waals surface area contributed by atoms with Crippen molar-refractivity contribution in [1.82, 2.24) is 10.2 Å². The van der Waals surface area contributed by atoms with E-state index in [9.17, 15) is 4.79 Å². The molecule has 0 spiro atoms. The number of carbonyl (C=O) groups excluding carboxylic acids is 1. The van der Waals surface area contributed by atoms with E-state index in [1.807, 2.05) is 12.1 Å². The van der Waals surface area contributed by atoms with Gasteiger partial charge in [0.05, 0.1) is 19.8 Å². The Labute approximate surface area is 132 Å². The maximum Gasteiger partial charge on any atom is 0.317 e. The first-order valence-electron chi connectivity index (χ1n) is 7.81. The highest BCUT2D eigenvalue weighted by atomic mass is 16.5. The zero-order chi connectivity index (χ0) is 16.0. The van der Waals surface area contributed by atoms with Crippen LogP contribution in [0, 0.1) is 0 Å². The van der Waals surface area contributed by atoms with Crippen molar-refractivity contribution in [2.75, 3.05) is 39.5 Å². The molecule has 0 unspecified atom stereocenters. The molecule has 122 valence electrons. The van der Waals surface area contributed by atoms with Crippen LogP contribution in [0.25, 0.3) is 0 Å². The van der Waals surface area contributed by atoms with Gasteiger partial charge in [-0.15, -0.1) is 0 Å². The molecule has 0 saturated carbocycles. The normalized spacial score (nSPS) is 15.5. The molecule has 1 aromatic carbocycles. The van der Waals surface area contributed by atoms with E-state index in [1.54, 1.807) is 4.90 Å². The molecule has 1 saturated heterocycles. The Balaban J connectivity index is 1.69. The van der Waals surface area contributed by atoms with E-state index in [0.717, 1.165) is 5.75 Å². The third-order valence-corrected chi connectivity index (χ3v) is 3.67. The Hall–Kier alpha value is -1.75. The van der Waals surface area contributed by atoms with Gasteiger partial charge in [0.2, 0.25) is 0 Å². The highest BCUT2D eigenvalue weighted by Gasteiger charge is 2.16. The van der Waals surface area contributed by atoms with Crippen molar-refractivity contribution in [2.45, 2.75) is 26.2 Å². The molecule has 1 N–H and O–H groups in total. The van der Waals surface area contributed by atoms with E-state index in [1.165, 1.54) is 5.56 Å². The number of benzene rings is 1. The van der Waals surface area contributed by atoms with Gasteiger partial charge in [-0.2, -0.15) is 0 Å². The minimum absolute atomic E-state index is 0.0463. The standard InChI is InChI=1S/C17H26N2O3/c1-17(2,3)14-4-6-15(7-5-14)22-11-8-18-16(20)19-9-12-21-13-10-19/h4-7H,8-13H2,1-3H3,(H,18,20). The molecule has 2 rings (SSSR count). The smallest absolute Gasteiger partial charge is 0.317 e. The minimum Gasteiger partial charge on any atom is -0.492 e. The number of rotatable bonds is 4. The van der Waals surface area contributed by atoms with Crippen LogP contribution in [0.15, 0.2) is 24.3 Å². The first-order chi connectivity index (χ1) is 10.5. The number of urea groups is 1. The molecule has 0 aromatic heterocycles. The fourth-order valence-corrected chi connectivity index (χ4v) is 2.26. The third-order valence-electron chi connectivity index (χ3n) is 3.67. The van der Waals surface area contributed by atoms with Crippen LogP contribution < -0.4 is 10.1 Å². The first-order valence-corrected chi connectivity index (χ1v) is 7.81. The van der Waals surface area contributed by atoms with Crippen molar-refractivity contribution >= 4 is 6.03 Å². The van der Waals surface area contributed by atoms with Gasteiger partial charge in [0.15, 0.2) is 0 Å². The SMILES string of the molecule is CC(C)(C)c1ccc(OCCNC(=O)N2CCOCC2)cc1. The average molecular weight is 306 g/mol. The Bertz CT molecular complexity index is 474. The monoisotopic (exact) mass is 306 g/mol. The number of morpholine rings is 1. The summed E-state index contributed by atoms with van der Waals surface area (Å²) in [5, 5.41) is 2.86. The van der Waals surface area contributed by atoms with Crippen molar-refractivity contribution in [3.63, 3.8) is 0 Å². The van der Waals surface area contributed by atoms with E-state index in [0.29, 0.717) is 39.5 Å². The fourth-order valence-electron chi connectivity index (χ4n) is 2.26. The molecule has 0 bridgehead atoms. The summed E-state index contributed by atoms with van der Waals surface area (Å²) in [6.45, 7) is 10.1. The molecule has 1 fully saturated rings. The fraction of sp³-hybridized carbons (Fsp3) is 0.588. The van der Waals surface area contributed by atoms with Gasteiger partial charge in [0, 0.05) is 13.1 Å². The topological polar surface area (TPSA) is 50.8 Å². The molecule has 1 aromatic rings. The summed E-state index contributed by atoms with van der Waals surface area (Å²) in [7, 11) is 0. The molecule has 0 aliphatic carbocycles. The van der Waals surface area contributed by atoms with E-state index in [-0.39, 0.29) is 11.4 Å². The molecule has 2 amide bonds. The van der Waals surface area contributed by atoms with Crippen LogP contribution in [0.1, 0.15) is 26.3 Å². The molecule has 1 aliphatic heterocycles. The summed E-state index contributed by atoms with van der Waals surface area (Å²) in [6, 6.07) is 8.08. The van der Waals surface area contributed by atoms with Crippen LogP contribution >= 0.6 is 0 Å². The minimum atomic E-state index is -0.0463. The molecule has 0 atom stereocenters. The predicted molar refractivity (Wildman–Crippen MR) is 86.4 cm³/mol. The number of nitrogens with one attached hydrogen (secondary N) is 1. The lowest BCUT2D eigenvalue weighted by molar-refractivity contribution is 0.0530. The van der Waals surface area contributed by atoms with Gasteiger partial charge in [0.1, 0.15) is 12.4 Å². The van der Waals surface area contributed by atoms with E-state index in [4.69, 9.17) is 9.47 Å². The zero-order valence-electron chi connectivity index (χ0n) is 13.7. The van der Waals surface area contributed by atoms with Gasteiger partial charge in [-0.3, -0.25) is 0 Å². The van der Waals surface area contributed by atoms with Gasteiger partial charge in [-0.1, -0.05) is 32.9 Å². The molecular weight excluding hydrogens is 280 g/mol. The lowest BCUT2D eigenvalue weighted by Gasteiger charge is -2.26. The largest absolute Gasteiger partial charge is 0.492 e. The summed E-state index contributed by atoms with van der Waals surface area (Å²) in [6.07, 6.45) is 0. The van der Waals surface area contributed by atoms with Crippen molar-refractivity contribution in [3.8, 4) is 5.75 Å². The Morgan fingerprint density at radius 2 is 1.86 bits per heavy atom. The van der Waals surface area contributed by atoms with Crippen LogP contribution in [-0.2, 0) is 10.2 Å². The van der Waals surface area contributed by atoms with E-state index >= 15 is 0 Å². The van der Waals surface area contributed by atoms with Crippen LogP contribution in [0.2, 0.25) is 0 Å². The third kappa shape index (κ3) is 4.91. The second-order valence-electron chi connectivity index (χ2n) is 6.45. The second-order valence-corrected chi connectivity index (χ2v) is 6.45. The van der Waals surface area contributed by atoms with E-state index < -0.39 is 0 Å². The Kier molecular flexibility index (Phi) is 5.66. The summed E-state index contributed by atoms with van der Waals surface area (Å²) < 4.78 is 10.9. The van der Waals surface area contributed by atoms with Crippen molar-refractivity contribution in [1.29, 1.82) is 0 Å². The molecular formula is C17H26N2O3. The molecule has 5 nitrogen and oxygen atoms in total. The molecule has 1 heterocycles. The van der Waals surface area contributed by atoms with Gasteiger partial charge in [-0.05, 0) is 23.1 Å². The van der Waals surface area contributed by atoms with Gasteiger partial charge in [-0.25, -0.2) is 4.79 Å². The Morgan fingerprint density at radius 3 is 2.45 bits per heavy atom. The van der Waals surface area contributed by atoms with Crippen molar-refractivity contribution < 1.29 is 14.3 Å². The van der Waals surface area contributed by atoms with Crippen LogP contribution in [0.5, 0.6) is 5.75 Å². The lowest BCUT2D eigenvalue weighted by Crippen LogP contribution is -2.47. The van der Waals surface area contributed by atoms with Gasteiger partial charge in [0.25, 0.3) is 0 Å². The highest BCUT2D eigenvalue weighted by molar-refractivity contribution is 5.74. The summed E-state index contributed by atoms with van der Waals surface area (Å²) in [4.78, 5) is 13.6. The molecule has 22 heavy (non-hydrogen) atoms. The predicted octanol–water partition coefficient (Wildman–Crippen LogP) is 2.40. The van der Waals surface area contributed by atoms with Crippen molar-refractivity contribution in [3.05, 3.63) is 29.8 Å². The maximum atomic E-state index is 11.9. The average Bonchev–Trinajstić information content (AvgIpc) is 2.52. The number of hydrogen-bond donors (Lipinski definition) is 1. The number of amides is 2. The molecule has 5 heteroatoms. The van der Waals surface area contributed by atoms with Crippen LogP contribution in [0.4, 0.5) is 4.79 Å². The highest BCUT2D eigenvalue weighted by Crippen LogP contribution is 2.24. The summed E-state index contributed by atoms with van der Waals surface area (Å²) in [5.41, 5.74) is 1.42. The molecule has 0 radical (unpaired) electrons. The lowest BCUT2D eigenvalue weighted by atomic mass is 9.87. The number of ether oxygens (including phenoxy) is 2. The van der Waals surface area contributed by atoms with Crippen LogP contribution in [0.3, 0.4) is 0 Å². The zero-order valence-corrected chi connectivity index (χ0v) is 13.7. The number of nitrogens with zero attached hydrogens (tertiary/aromatic N) is 1. The van der Waals surface area contributed by atoms with Gasteiger partial charge < -0.3 is 19.7 Å². The van der Waals surface area contributed by atoms with E-state index in [2.05, 4.69) is 38.2 Å². The number of hydrogen-bond acceptors (Lipinski definition) is 3. The molecule has 1 aliphatic rings. The second kappa shape index (κ2) is 7.49. The maximum absolute atomic E-state index is 11.9. The van der Waals surface area contributed by atoms with Crippen LogP contribution in [-0.4, -0.2) is 50.4 Å². The van der Waals surface area contributed by atoms with Crippen molar-refractivity contribution in [2.24, 2.45) is 0 Å². The summed E-state index contributed by atoms with van der Waals surface area (Å²) in [5.74, 6) is 0.827.